The molecule has 4 nitrogen and oxygen atoms in total. The summed E-state index contributed by atoms with van der Waals surface area (Å²) in [6.07, 6.45) is 0. The molecule has 1 aliphatic heterocycles. The number of nitrogens with two attached hydrogens (primary N) is 1. The molecule has 0 radical (unpaired) electrons. The predicted octanol–water partition coefficient (Wildman–Crippen LogP) is 0.466. The van der Waals surface area contributed by atoms with Gasteiger partial charge in [0.15, 0.2) is 0 Å². The number of fused-ring (bicyclic) bond motifs is 1. The molecule has 0 saturated carbocycles. The number of sulfonamides is 1. The van der Waals surface area contributed by atoms with Crippen molar-refractivity contribution < 1.29 is 8.42 Å². The lowest BCUT2D eigenvalue weighted by Crippen LogP contribution is -2.39. The van der Waals surface area contributed by atoms with E-state index in [0.29, 0.717) is 5.69 Å². The third-order valence-corrected chi connectivity index (χ3v) is 4.29. The molecule has 1 unspecified atom stereocenters. The van der Waals surface area contributed by atoms with Gasteiger partial charge >= 0.3 is 0 Å². The quantitative estimate of drug-likeness (QED) is 0.679. The van der Waals surface area contributed by atoms with Gasteiger partial charge in [0.1, 0.15) is 0 Å². The van der Waals surface area contributed by atoms with Crippen LogP contribution >= 0.6 is 0 Å². The van der Waals surface area contributed by atoms with Gasteiger partial charge < -0.3 is 5.73 Å². The van der Waals surface area contributed by atoms with E-state index in [-0.39, 0.29) is 5.75 Å². The number of hydrogen-bond acceptors (Lipinski definition) is 3. The molecule has 1 aromatic carbocycles. The van der Waals surface area contributed by atoms with Crippen molar-refractivity contribution in [1.82, 2.24) is 0 Å². The molecule has 0 amide bonds. The Balaban J connectivity index is 2.63. The summed E-state index contributed by atoms with van der Waals surface area (Å²) < 4.78 is 24.5. The van der Waals surface area contributed by atoms with E-state index in [9.17, 15) is 8.42 Å². The Morgan fingerprint density at radius 3 is 2.79 bits per heavy atom. The molecule has 5 heteroatoms. The first kappa shape index (κ1) is 9.48. The van der Waals surface area contributed by atoms with Crippen molar-refractivity contribution in [3.05, 3.63) is 29.8 Å². The highest BCUT2D eigenvalue weighted by Gasteiger charge is 2.31. The van der Waals surface area contributed by atoms with Crippen LogP contribution in [-0.2, 0) is 10.0 Å². The van der Waals surface area contributed by atoms with E-state index in [2.05, 4.69) is 0 Å². The molecule has 1 aliphatic rings. The number of anilines is 1. The molecule has 0 aliphatic carbocycles. The zero-order valence-electron chi connectivity index (χ0n) is 7.84. The number of nitrogens with zero attached hydrogens (tertiary/aromatic N) is 1. The minimum absolute atomic E-state index is 0.0134. The lowest BCUT2D eigenvalue weighted by Gasteiger charge is -2.30. The smallest absolute Gasteiger partial charge is 0.236 e. The van der Waals surface area contributed by atoms with Crippen molar-refractivity contribution in [2.45, 2.75) is 6.04 Å². The van der Waals surface area contributed by atoms with Gasteiger partial charge in [-0.05, 0) is 11.6 Å². The lowest BCUT2D eigenvalue weighted by atomic mass is 10.1. The maximum Gasteiger partial charge on any atom is 0.236 e. The monoisotopic (exact) mass is 212 g/mol. The highest BCUT2D eigenvalue weighted by atomic mass is 32.2. The second-order valence-corrected chi connectivity index (χ2v) is 5.46. The SMILES string of the molecule is CN1c2ccccc2C(N)CS1(=O)=O. The van der Waals surface area contributed by atoms with E-state index >= 15 is 0 Å². The van der Waals surface area contributed by atoms with Gasteiger partial charge in [-0.3, -0.25) is 4.31 Å². The standard InChI is InChI=1S/C9H12N2O2S/c1-11-9-5-3-2-4-7(9)8(10)6-14(11,12)13/h2-5,8H,6,10H2,1H3. The normalized spacial score (nSPS) is 24.4. The van der Waals surface area contributed by atoms with E-state index < -0.39 is 16.1 Å². The predicted molar refractivity (Wildman–Crippen MR) is 55.6 cm³/mol. The first-order valence-corrected chi connectivity index (χ1v) is 5.94. The highest BCUT2D eigenvalue weighted by Crippen LogP contribution is 2.32. The van der Waals surface area contributed by atoms with Crippen LogP contribution < -0.4 is 10.0 Å². The molecule has 0 spiro atoms. The molecule has 0 saturated heterocycles. The maximum atomic E-state index is 11.6. The van der Waals surface area contributed by atoms with Gasteiger partial charge in [0.25, 0.3) is 0 Å². The second kappa shape index (κ2) is 2.96. The third-order valence-electron chi connectivity index (χ3n) is 2.48. The van der Waals surface area contributed by atoms with Crippen molar-refractivity contribution in [3.63, 3.8) is 0 Å². The Bertz CT molecular complexity index is 456. The van der Waals surface area contributed by atoms with E-state index in [0.717, 1.165) is 5.56 Å². The molecule has 1 heterocycles. The zero-order chi connectivity index (χ0) is 10.3. The van der Waals surface area contributed by atoms with Crippen LogP contribution in [0.4, 0.5) is 5.69 Å². The highest BCUT2D eigenvalue weighted by molar-refractivity contribution is 7.92. The minimum Gasteiger partial charge on any atom is -0.323 e. The van der Waals surface area contributed by atoms with Crippen molar-refractivity contribution in [3.8, 4) is 0 Å². The summed E-state index contributed by atoms with van der Waals surface area (Å²) in [5, 5.41) is 0. The van der Waals surface area contributed by atoms with Crippen LogP contribution in [-0.4, -0.2) is 21.2 Å². The average molecular weight is 212 g/mol. The Labute approximate surface area is 83.4 Å². The van der Waals surface area contributed by atoms with Crippen LogP contribution in [0.15, 0.2) is 24.3 Å². The molecule has 0 bridgehead atoms. The largest absolute Gasteiger partial charge is 0.323 e. The fourth-order valence-corrected chi connectivity index (χ4v) is 2.99. The van der Waals surface area contributed by atoms with Crippen LogP contribution in [0.5, 0.6) is 0 Å². The molecular weight excluding hydrogens is 200 g/mol. The summed E-state index contributed by atoms with van der Waals surface area (Å²) in [7, 11) is -1.66. The Hall–Kier alpha value is -1.07. The first-order valence-electron chi connectivity index (χ1n) is 4.33. The van der Waals surface area contributed by atoms with E-state index in [1.54, 1.807) is 13.1 Å². The van der Waals surface area contributed by atoms with Crippen molar-refractivity contribution in [2.24, 2.45) is 5.73 Å². The molecule has 1 atom stereocenters. The molecular formula is C9H12N2O2S. The van der Waals surface area contributed by atoms with Gasteiger partial charge in [-0.15, -0.1) is 0 Å². The van der Waals surface area contributed by atoms with Gasteiger partial charge in [-0.1, -0.05) is 18.2 Å². The zero-order valence-corrected chi connectivity index (χ0v) is 8.66. The van der Waals surface area contributed by atoms with E-state index in [1.807, 2.05) is 18.2 Å². The Morgan fingerprint density at radius 1 is 1.43 bits per heavy atom. The summed E-state index contributed by atoms with van der Waals surface area (Å²) >= 11 is 0. The van der Waals surface area contributed by atoms with Crippen LogP contribution in [0.2, 0.25) is 0 Å². The maximum absolute atomic E-state index is 11.6. The van der Waals surface area contributed by atoms with Crippen molar-refractivity contribution in [1.29, 1.82) is 0 Å². The van der Waals surface area contributed by atoms with Crippen molar-refractivity contribution >= 4 is 15.7 Å². The summed E-state index contributed by atoms with van der Waals surface area (Å²) in [6, 6.07) is 6.90. The van der Waals surface area contributed by atoms with Gasteiger partial charge in [-0.25, -0.2) is 8.42 Å². The fraction of sp³-hybridized carbons (Fsp3) is 0.333. The first-order chi connectivity index (χ1) is 6.52. The van der Waals surface area contributed by atoms with Crippen molar-refractivity contribution in [2.75, 3.05) is 17.1 Å². The van der Waals surface area contributed by atoms with Crippen LogP contribution in [0.3, 0.4) is 0 Å². The fourth-order valence-electron chi connectivity index (χ4n) is 1.67. The molecule has 76 valence electrons. The van der Waals surface area contributed by atoms with Gasteiger partial charge in [0.05, 0.1) is 11.4 Å². The van der Waals surface area contributed by atoms with Gasteiger partial charge in [0, 0.05) is 13.1 Å². The molecule has 14 heavy (non-hydrogen) atoms. The molecule has 0 aromatic heterocycles. The number of hydrogen-bond donors (Lipinski definition) is 1. The molecule has 2 rings (SSSR count). The van der Waals surface area contributed by atoms with Gasteiger partial charge in [0.2, 0.25) is 10.0 Å². The van der Waals surface area contributed by atoms with Crippen LogP contribution in [0.1, 0.15) is 11.6 Å². The summed E-state index contributed by atoms with van der Waals surface area (Å²) in [4.78, 5) is 0. The molecule has 2 N–H and O–H groups in total. The van der Waals surface area contributed by atoms with Crippen LogP contribution in [0.25, 0.3) is 0 Å². The number of rotatable bonds is 0. The Kier molecular flexibility index (Phi) is 2.01. The summed E-state index contributed by atoms with van der Waals surface area (Å²) in [6.45, 7) is 0. The average Bonchev–Trinajstić information content (AvgIpc) is 2.14. The molecule has 0 fully saturated rings. The van der Waals surface area contributed by atoms with Gasteiger partial charge in [-0.2, -0.15) is 0 Å². The van der Waals surface area contributed by atoms with E-state index in [4.69, 9.17) is 5.73 Å². The number of benzene rings is 1. The minimum atomic E-state index is -3.22. The topological polar surface area (TPSA) is 63.4 Å². The second-order valence-electron chi connectivity index (χ2n) is 3.41. The summed E-state index contributed by atoms with van der Waals surface area (Å²) in [5.74, 6) is -0.0134. The number of para-hydroxylation sites is 1. The third kappa shape index (κ3) is 1.29. The lowest BCUT2D eigenvalue weighted by molar-refractivity contribution is 0.583. The Morgan fingerprint density at radius 2 is 2.07 bits per heavy atom. The molecule has 1 aromatic rings. The summed E-state index contributed by atoms with van der Waals surface area (Å²) in [5.41, 5.74) is 7.36. The van der Waals surface area contributed by atoms with E-state index in [1.165, 1.54) is 4.31 Å². The van der Waals surface area contributed by atoms with Crippen LogP contribution in [0, 0.1) is 0 Å².